The molecule has 15 heavy (non-hydrogen) atoms. The Morgan fingerprint density at radius 3 is 2.73 bits per heavy atom. The highest BCUT2D eigenvalue weighted by atomic mass is 79.9. The summed E-state index contributed by atoms with van der Waals surface area (Å²) in [6.45, 7) is 0. The first-order valence-corrected chi connectivity index (χ1v) is 5.26. The maximum absolute atomic E-state index is 10.6. The number of halogens is 1. The lowest BCUT2D eigenvalue weighted by Crippen LogP contribution is -1.94. The van der Waals surface area contributed by atoms with Gasteiger partial charge in [0.2, 0.25) is 0 Å². The number of carbonyl (C=O) groups is 1. The van der Waals surface area contributed by atoms with Gasteiger partial charge >= 0.3 is 0 Å². The molecular formula is C11H9BrN2O. The number of hydrogen-bond acceptors (Lipinski definition) is 2. The van der Waals surface area contributed by atoms with E-state index in [1.165, 1.54) is 0 Å². The van der Waals surface area contributed by atoms with E-state index >= 15 is 0 Å². The number of aromatic nitrogens is 2. The van der Waals surface area contributed by atoms with Crippen LogP contribution in [0.3, 0.4) is 0 Å². The van der Waals surface area contributed by atoms with Crippen molar-refractivity contribution >= 4 is 22.2 Å². The van der Waals surface area contributed by atoms with Gasteiger partial charge in [0, 0.05) is 17.1 Å². The topological polar surface area (TPSA) is 34.9 Å². The zero-order chi connectivity index (χ0) is 10.8. The summed E-state index contributed by atoms with van der Waals surface area (Å²) in [4.78, 5) is 10.6. The fourth-order valence-corrected chi connectivity index (χ4v) is 1.96. The Bertz CT molecular complexity index is 505. The molecule has 0 atom stereocenters. The molecule has 1 aromatic carbocycles. The highest BCUT2D eigenvalue weighted by Gasteiger charge is 2.08. The van der Waals surface area contributed by atoms with Crippen LogP contribution in [0.15, 0.2) is 34.8 Å². The molecule has 1 heterocycles. The second-order valence-electron chi connectivity index (χ2n) is 3.18. The molecule has 0 unspecified atom stereocenters. The van der Waals surface area contributed by atoms with Crippen molar-refractivity contribution in [1.82, 2.24) is 9.78 Å². The molecule has 2 rings (SSSR count). The van der Waals surface area contributed by atoms with E-state index in [0.717, 1.165) is 22.0 Å². The summed E-state index contributed by atoms with van der Waals surface area (Å²) in [7, 11) is 1.82. The van der Waals surface area contributed by atoms with Crippen molar-refractivity contribution in [3.05, 3.63) is 40.5 Å². The number of carbonyl (C=O) groups excluding carboxylic acids is 1. The van der Waals surface area contributed by atoms with Gasteiger partial charge in [-0.15, -0.1) is 0 Å². The van der Waals surface area contributed by atoms with E-state index < -0.39 is 0 Å². The van der Waals surface area contributed by atoms with Gasteiger partial charge in [-0.25, -0.2) is 0 Å². The quantitative estimate of drug-likeness (QED) is 0.782. The summed E-state index contributed by atoms with van der Waals surface area (Å²) in [5.74, 6) is 0. The highest BCUT2D eigenvalue weighted by Crippen LogP contribution is 2.27. The average Bonchev–Trinajstić information content (AvgIpc) is 2.60. The Labute approximate surface area is 95.9 Å². The Balaban J connectivity index is 2.58. The molecule has 0 aliphatic rings. The van der Waals surface area contributed by atoms with Gasteiger partial charge < -0.3 is 0 Å². The molecule has 0 saturated carbocycles. The molecule has 0 saturated heterocycles. The molecule has 1 aromatic heterocycles. The number of hydrogen-bond donors (Lipinski definition) is 0. The van der Waals surface area contributed by atoms with Gasteiger partial charge in [-0.1, -0.05) is 34.1 Å². The molecule has 76 valence electrons. The van der Waals surface area contributed by atoms with Crippen molar-refractivity contribution < 1.29 is 4.79 Å². The van der Waals surface area contributed by atoms with Crippen LogP contribution in [0.4, 0.5) is 0 Å². The maximum Gasteiger partial charge on any atom is 0.170 e. The van der Waals surface area contributed by atoms with Gasteiger partial charge in [-0.2, -0.15) is 5.10 Å². The summed E-state index contributed by atoms with van der Waals surface area (Å²) in [5, 5.41) is 4.07. The van der Waals surface area contributed by atoms with Crippen LogP contribution in [0.2, 0.25) is 0 Å². The second kappa shape index (κ2) is 3.98. The second-order valence-corrected chi connectivity index (χ2v) is 4.03. The third-order valence-corrected chi connectivity index (χ3v) is 2.86. The molecular weight excluding hydrogens is 256 g/mol. The highest BCUT2D eigenvalue weighted by molar-refractivity contribution is 9.10. The van der Waals surface area contributed by atoms with Crippen LogP contribution >= 0.6 is 15.9 Å². The molecule has 0 N–H and O–H groups in total. The van der Waals surface area contributed by atoms with E-state index in [4.69, 9.17) is 0 Å². The maximum atomic E-state index is 10.6. The van der Waals surface area contributed by atoms with Crippen LogP contribution in [0.5, 0.6) is 0 Å². The normalized spacial score (nSPS) is 10.3. The summed E-state index contributed by atoms with van der Waals surface area (Å²) in [5.41, 5.74) is 2.40. The first kappa shape index (κ1) is 10.1. The first-order valence-electron chi connectivity index (χ1n) is 4.46. The van der Waals surface area contributed by atoms with Crippen LogP contribution in [0, 0.1) is 0 Å². The molecule has 0 bridgehead atoms. The molecule has 0 fully saturated rings. The van der Waals surface area contributed by atoms with Crippen molar-refractivity contribution in [1.29, 1.82) is 0 Å². The lowest BCUT2D eigenvalue weighted by atomic mass is 10.1. The number of nitrogens with zero attached hydrogens (tertiary/aromatic N) is 2. The zero-order valence-corrected chi connectivity index (χ0v) is 9.73. The van der Waals surface area contributed by atoms with E-state index in [1.807, 2.05) is 31.3 Å². The van der Waals surface area contributed by atoms with E-state index in [2.05, 4.69) is 21.0 Å². The van der Waals surface area contributed by atoms with Gasteiger partial charge in [0.05, 0.1) is 5.69 Å². The van der Waals surface area contributed by atoms with Crippen molar-refractivity contribution in [3.63, 3.8) is 0 Å². The minimum atomic E-state index is 0.447. The van der Waals surface area contributed by atoms with Gasteiger partial charge in [-0.05, 0) is 12.1 Å². The van der Waals surface area contributed by atoms with Crippen molar-refractivity contribution in [2.24, 2.45) is 7.05 Å². The van der Waals surface area contributed by atoms with Crippen LogP contribution < -0.4 is 0 Å². The number of aldehydes is 1. The Morgan fingerprint density at radius 1 is 1.40 bits per heavy atom. The molecule has 0 amide bonds. The predicted octanol–water partition coefficient (Wildman–Crippen LogP) is 2.66. The van der Waals surface area contributed by atoms with Crippen LogP contribution in [-0.2, 0) is 7.05 Å². The van der Waals surface area contributed by atoms with E-state index in [9.17, 15) is 4.79 Å². The fraction of sp³-hybridized carbons (Fsp3) is 0.0909. The molecule has 3 nitrogen and oxygen atoms in total. The van der Waals surface area contributed by atoms with E-state index in [1.54, 1.807) is 10.7 Å². The average molecular weight is 265 g/mol. The smallest absolute Gasteiger partial charge is 0.170 e. The van der Waals surface area contributed by atoms with Crippen molar-refractivity contribution in [2.75, 3.05) is 0 Å². The first-order chi connectivity index (χ1) is 7.22. The van der Waals surface area contributed by atoms with Gasteiger partial charge in [0.1, 0.15) is 5.69 Å². The summed E-state index contributed by atoms with van der Waals surface area (Å²) in [6, 6.07) is 9.62. The number of aryl methyl sites for hydroxylation is 1. The Hall–Kier alpha value is -1.42. The van der Waals surface area contributed by atoms with E-state index in [0.29, 0.717) is 5.69 Å². The van der Waals surface area contributed by atoms with Crippen molar-refractivity contribution in [3.8, 4) is 11.3 Å². The van der Waals surface area contributed by atoms with Gasteiger partial charge in [0.15, 0.2) is 6.29 Å². The standard InChI is InChI=1S/C11H9BrN2O/c1-14-11(6-8(7-15)13-14)9-4-2-3-5-10(9)12/h2-7H,1H3. The van der Waals surface area contributed by atoms with E-state index in [-0.39, 0.29) is 0 Å². The Morgan fingerprint density at radius 2 is 2.13 bits per heavy atom. The predicted molar refractivity (Wildman–Crippen MR) is 61.7 cm³/mol. The van der Waals surface area contributed by atoms with Gasteiger partial charge in [-0.3, -0.25) is 9.48 Å². The lowest BCUT2D eigenvalue weighted by Gasteiger charge is -2.03. The Kier molecular flexibility index (Phi) is 2.68. The molecule has 0 aliphatic heterocycles. The van der Waals surface area contributed by atoms with Crippen LogP contribution in [0.25, 0.3) is 11.3 Å². The number of benzene rings is 1. The SMILES string of the molecule is Cn1nc(C=O)cc1-c1ccccc1Br. The fourth-order valence-electron chi connectivity index (χ4n) is 1.47. The third-order valence-electron chi connectivity index (χ3n) is 2.17. The molecule has 0 aliphatic carbocycles. The molecule has 0 spiro atoms. The monoisotopic (exact) mass is 264 g/mol. The minimum Gasteiger partial charge on any atom is -0.296 e. The largest absolute Gasteiger partial charge is 0.296 e. The van der Waals surface area contributed by atoms with Gasteiger partial charge in [0.25, 0.3) is 0 Å². The summed E-state index contributed by atoms with van der Waals surface area (Å²) >= 11 is 3.47. The lowest BCUT2D eigenvalue weighted by molar-refractivity contribution is 0.111. The summed E-state index contributed by atoms with van der Waals surface area (Å²) in [6.07, 6.45) is 0.750. The van der Waals surface area contributed by atoms with Crippen molar-refractivity contribution in [2.45, 2.75) is 0 Å². The molecule has 0 radical (unpaired) electrons. The third kappa shape index (κ3) is 1.85. The molecule has 2 aromatic rings. The minimum absolute atomic E-state index is 0.447. The molecule has 4 heteroatoms. The number of rotatable bonds is 2. The van der Waals surface area contributed by atoms with Crippen LogP contribution in [-0.4, -0.2) is 16.1 Å². The zero-order valence-electron chi connectivity index (χ0n) is 8.14. The van der Waals surface area contributed by atoms with Crippen LogP contribution in [0.1, 0.15) is 10.5 Å². The summed E-state index contributed by atoms with van der Waals surface area (Å²) < 4.78 is 2.69.